The number of aliphatic hydroxyl groups excluding tert-OH is 1. The van der Waals surface area contributed by atoms with Gasteiger partial charge in [0.2, 0.25) is 11.8 Å². The molecule has 0 saturated heterocycles. The molecule has 0 saturated carbocycles. The van der Waals surface area contributed by atoms with E-state index < -0.39 is 12.0 Å². The predicted octanol–water partition coefficient (Wildman–Crippen LogP) is -0.747. The van der Waals surface area contributed by atoms with E-state index in [1.54, 1.807) is 0 Å². The molecule has 2 amide bonds. The van der Waals surface area contributed by atoms with E-state index in [4.69, 9.17) is 10.8 Å². The third kappa shape index (κ3) is 4.09. The number of hydrogen-bond donors (Lipinski definition) is 3. The molecule has 1 heterocycles. The first-order chi connectivity index (χ1) is 7.09. The average Bonchev–Trinajstić information content (AvgIpc) is 2.66. The van der Waals surface area contributed by atoms with E-state index >= 15 is 0 Å². The number of nitrogens with two attached hydrogens (primary N) is 1. The van der Waals surface area contributed by atoms with Gasteiger partial charge in [0.1, 0.15) is 6.10 Å². The highest BCUT2D eigenvalue weighted by molar-refractivity contribution is 7.10. The first kappa shape index (κ1) is 11.7. The lowest BCUT2D eigenvalue weighted by Crippen LogP contribution is -2.40. The number of aliphatic hydroxyl groups is 1. The standard InChI is InChI=1S/C9H12N2O3S/c10-9(14)7(12)5-11-8(13)4-6-2-1-3-15-6/h1-3,7,12H,4-5H2,(H2,10,14)(H,11,13). The molecule has 0 aliphatic rings. The zero-order valence-electron chi connectivity index (χ0n) is 7.97. The molecule has 1 aromatic heterocycles. The molecule has 0 aliphatic carbocycles. The van der Waals surface area contributed by atoms with E-state index in [0.717, 1.165) is 4.88 Å². The zero-order chi connectivity index (χ0) is 11.3. The van der Waals surface area contributed by atoms with E-state index in [2.05, 4.69) is 5.32 Å². The fraction of sp³-hybridized carbons (Fsp3) is 0.333. The third-order valence-electron chi connectivity index (χ3n) is 1.74. The van der Waals surface area contributed by atoms with Gasteiger partial charge in [-0.05, 0) is 11.4 Å². The molecule has 0 radical (unpaired) electrons. The van der Waals surface area contributed by atoms with Crippen LogP contribution < -0.4 is 11.1 Å². The smallest absolute Gasteiger partial charge is 0.248 e. The van der Waals surface area contributed by atoms with Gasteiger partial charge in [-0.15, -0.1) is 11.3 Å². The lowest BCUT2D eigenvalue weighted by molar-refractivity contribution is -0.126. The van der Waals surface area contributed by atoms with Gasteiger partial charge < -0.3 is 16.2 Å². The molecular formula is C9H12N2O3S. The average molecular weight is 228 g/mol. The Hall–Kier alpha value is -1.40. The number of thiophene rings is 1. The second-order valence-electron chi connectivity index (χ2n) is 2.98. The Balaban J connectivity index is 2.28. The number of rotatable bonds is 5. The summed E-state index contributed by atoms with van der Waals surface area (Å²) in [6.45, 7) is -0.139. The van der Waals surface area contributed by atoms with Gasteiger partial charge in [-0.2, -0.15) is 0 Å². The summed E-state index contributed by atoms with van der Waals surface area (Å²) in [5.41, 5.74) is 4.82. The van der Waals surface area contributed by atoms with E-state index in [0.29, 0.717) is 0 Å². The molecule has 4 N–H and O–H groups in total. The summed E-state index contributed by atoms with van der Waals surface area (Å²) in [7, 11) is 0. The summed E-state index contributed by atoms with van der Waals surface area (Å²) < 4.78 is 0. The molecule has 0 spiro atoms. The van der Waals surface area contributed by atoms with Crippen LogP contribution >= 0.6 is 11.3 Å². The molecule has 0 bridgehead atoms. The molecule has 1 rings (SSSR count). The van der Waals surface area contributed by atoms with Gasteiger partial charge in [0.05, 0.1) is 13.0 Å². The Labute approximate surface area is 90.9 Å². The van der Waals surface area contributed by atoms with Crippen molar-refractivity contribution in [3.63, 3.8) is 0 Å². The highest BCUT2D eigenvalue weighted by Gasteiger charge is 2.12. The summed E-state index contributed by atoms with van der Waals surface area (Å²) in [6, 6.07) is 3.69. The molecular weight excluding hydrogens is 216 g/mol. The predicted molar refractivity (Wildman–Crippen MR) is 56.2 cm³/mol. The van der Waals surface area contributed by atoms with Crippen LogP contribution in [0.1, 0.15) is 4.88 Å². The first-order valence-corrected chi connectivity index (χ1v) is 5.24. The first-order valence-electron chi connectivity index (χ1n) is 4.36. The van der Waals surface area contributed by atoms with Crippen LogP contribution in [0.15, 0.2) is 17.5 Å². The normalized spacial score (nSPS) is 12.1. The minimum Gasteiger partial charge on any atom is -0.381 e. The molecule has 0 aromatic carbocycles. The molecule has 1 atom stereocenters. The van der Waals surface area contributed by atoms with Crippen LogP contribution in [0.4, 0.5) is 0 Å². The lowest BCUT2D eigenvalue weighted by atomic mass is 10.3. The Kier molecular flexibility index (Phi) is 4.26. The van der Waals surface area contributed by atoms with Crippen LogP contribution in [0.3, 0.4) is 0 Å². The van der Waals surface area contributed by atoms with E-state index in [1.807, 2.05) is 17.5 Å². The summed E-state index contributed by atoms with van der Waals surface area (Å²) in [5.74, 6) is -1.08. The van der Waals surface area contributed by atoms with Gasteiger partial charge >= 0.3 is 0 Å². The van der Waals surface area contributed by atoms with Crippen LogP contribution in [-0.4, -0.2) is 29.6 Å². The Bertz CT molecular complexity index is 337. The molecule has 15 heavy (non-hydrogen) atoms. The largest absolute Gasteiger partial charge is 0.381 e. The molecule has 1 unspecified atom stereocenters. The molecule has 0 fully saturated rings. The summed E-state index contributed by atoms with van der Waals surface area (Å²) in [5, 5.41) is 13.3. The second-order valence-corrected chi connectivity index (χ2v) is 4.01. The molecule has 5 nitrogen and oxygen atoms in total. The summed E-state index contributed by atoms with van der Waals surface area (Å²) >= 11 is 1.48. The van der Waals surface area contributed by atoms with Crippen molar-refractivity contribution in [2.75, 3.05) is 6.54 Å². The van der Waals surface area contributed by atoms with Crippen LogP contribution in [-0.2, 0) is 16.0 Å². The van der Waals surface area contributed by atoms with Crippen LogP contribution in [0.2, 0.25) is 0 Å². The van der Waals surface area contributed by atoms with Gasteiger partial charge in [-0.25, -0.2) is 0 Å². The maximum absolute atomic E-state index is 11.3. The minimum atomic E-state index is -1.32. The Morgan fingerprint density at radius 3 is 2.87 bits per heavy atom. The van der Waals surface area contributed by atoms with Gasteiger partial charge in [0.25, 0.3) is 0 Å². The van der Waals surface area contributed by atoms with Gasteiger partial charge in [0.15, 0.2) is 0 Å². The van der Waals surface area contributed by atoms with Crippen molar-refractivity contribution in [2.45, 2.75) is 12.5 Å². The van der Waals surface area contributed by atoms with Crippen LogP contribution in [0.5, 0.6) is 0 Å². The maximum atomic E-state index is 11.3. The van der Waals surface area contributed by atoms with Crippen LogP contribution in [0, 0.1) is 0 Å². The molecule has 1 aromatic rings. The minimum absolute atomic E-state index is 0.139. The van der Waals surface area contributed by atoms with E-state index in [-0.39, 0.29) is 18.9 Å². The van der Waals surface area contributed by atoms with Crippen molar-refractivity contribution in [1.82, 2.24) is 5.32 Å². The van der Waals surface area contributed by atoms with Crippen molar-refractivity contribution < 1.29 is 14.7 Å². The monoisotopic (exact) mass is 228 g/mol. The van der Waals surface area contributed by atoms with Gasteiger partial charge in [-0.1, -0.05) is 6.07 Å². The second kappa shape index (κ2) is 5.47. The van der Waals surface area contributed by atoms with Crippen molar-refractivity contribution in [3.8, 4) is 0 Å². The number of carbonyl (C=O) groups is 2. The van der Waals surface area contributed by atoms with Crippen LogP contribution in [0.25, 0.3) is 0 Å². The quantitative estimate of drug-likeness (QED) is 0.619. The third-order valence-corrected chi connectivity index (χ3v) is 2.61. The SMILES string of the molecule is NC(=O)C(O)CNC(=O)Cc1cccs1. The van der Waals surface area contributed by atoms with E-state index in [9.17, 15) is 9.59 Å². The molecule has 6 heteroatoms. The highest BCUT2D eigenvalue weighted by Crippen LogP contribution is 2.08. The van der Waals surface area contributed by atoms with Crippen molar-refractivity contribution in [3.05, 3.63) is 22.4 Å². The number of carbonyl (C=O) groups excluding carboxylic acids is 2. The highest BCUT2D eigenvalue weighted by atomic mass is 32.1. The zero-order valence-corrected chi connectivity index (χ0v) is 8.79. The lowest BCUT2D eigenvalue weighted by Gasteiger charge is -2.07. The Morgan fingerprint density at radius 1 is 1.60 bits per heavy atom. The summed E-state index contributed by atoms with van der Waals surface area (Å²) in [4.78, 5) is 22.7. The van der Waals surface area contributed by atoms with Crippen molar-refractivity contribution in [2.24, 2.45) is 5.73 Å². The van der Waals surface area contributed by atoms with Crippen molar-refractivity contribution in [1.29, 1.82) is 0 Å². The fourth-order valence-electron chi connectivity index (χ4n) is 0.945. The summed E-state index contributed by atoms with van der Waals surface area (Å²) in [6.07, 6.45) is -1.07. The fourth-order valence-corrected chi connectivity index (χ4v) is 1.65. The topological polar surface area (TPSA) is 92.4 Å². The van der Waals surface area contributed by atoms with Crippen molar-refractivity contribution >= 4 is 23.2 Å². The number of hydrogen-bond acceptors (Lipinski definition) is 4. The Morgan fingerprint density at radius 2 is 2.33 bits per heavy atom. The molecule has 0 aliphatic heterocycles. The number of primary amides is 1. The maximum Gasteiger partial charge on any atom is 0.248 e. The van der Waals surface area contributed by atoms with Gasteiger partial charge in [-0.3, -0.25) is 9.59 Å². The number of amides is 2. The van der Waals surface area contributed by atoms with Gasteiger partial charge in [0, 0.05) is 4.88 Å². The molecule has 82 valence electrons. The van der Waals surface area contributed by atoms with E-state index in [1.165, 1.54) is 11.3 Å². The number of nitrogens with one attached hydrogen (secondary N) is 1.